The molecule has 1 aliphatic heterocycles. The minimum absolute atomic E-state index is 0.186. The van der Waals surface area contributed by atoms with Crippen LogP contribution in [0, 0.1) is 17.1 Å². The van der Waals surface area contributed by atoms with E-state index in [9.17, 15) is 18.1 Å². The van der Waals surface area contributed by atoms with Gasteiger partial charge in [0.25, 0.3) is 0 Å². The summed E-state index contributed by atoms with van der Waals surface area (Å²) in [7, 11) is -3.40. The van der Waals surface area contributed by atoms with Gasteiger partial charge in [0.2, 0.25) is 0 Å². The van der Waals surface area contributed by atoms with E-state index in [1.54, 1.807) is 18.2 Å². The molecule has 43 heavy (non-hydrogen) atoms. The Balaban J connectivity index is 1.42. The van der Waals surface area contributed by atoms with Crippen molar-refractivity contribution in [3.05, 3.63) is 112 Å². The molecule has 220 valence electrons. The fourth-order valence-electron chi connectivity index (χ4n) is 5.17. The molecule has 12 heteroatoms. The normalized spacial score (nSPS) is 16.2. The summed E-state index contributed by atoms with van der Waals surface area (Å²) in [5.74, 6) is -0.524. The third-order valence-electron chi connectivity index (χ3n) is 7.41. The number of rotatable bonds is 10. The Labute approximate surface area is 254 Å². The second-order valence-corrected chi connectivity index (χ2v) is 13.4. The molecule has 3 aromatic carbocycles. The Morgan fingerprint density at radius 3 is 2.53 bits per heavy atom. The lowest BCUT2D eigenvalue weighted by Crippen LogP contribution is -2.38. The average Bonchev–Trinajstić information content (AvgIpc) is 3.72. The van der Waals surface area contributed by atoms with Crippen molar-refractivity contribution >= 4 is 43.7 Å². The summed E-state index contributed by atoms with van der Waals surface area (Å²) in [5.41, 5.74) is 10.6. The Morgan fingerprint density at radius 2 is 1.86 bits per heavy atom. The van der Waals surface area contributed by atoms with E-state index in [0.717, 1.165) is 29.7 Å². The van der Waals surface area contributed by atoms with Crippen LogP contribution in [0.2, 0.25) is 5.02 Å². The number of nitrogens with one attached hydrogen (secondary N) is 4. The highest BCUT2D eigenvalue weighted by molar-refractivity contribution is 7.90. The van der Waals surface area contributed by atoms with Gasteiger partial charge >= 0.3 is 0 Å². The summed E-state index contributed by atoms with van der Waals surface area (Å²) < 4.78 is 38.7. The molecule has 1 fully saturated rings. The quantitative estimate of drug-likeness (QED) is 0.181. The van der Waals surface area contributed by atoms with Gasteiger partial charge in [-0.05, 0) is 48.2 Å². The van der Waals surface area contributed by atoms with Gasteiger partial charge in [-0.3, -0.25) is 9.99 Å². The number of hydrogen-bond donors (Lipinski definition) is 4. The number of aromatic nitrogens is 1. The predicted octanol–water partition coefficient (Wildman–Crippen LogP) is 5.58. The van der Waals surface area contributed by atoms with E-state index in [0.29, 0.717) is 33.3 Å². The van der Waals surface area contributed by atoms with Crippen LogP contribution in [0.3, 0.4) is 0 Å². The number of pyridine rings is 1. The average molecular weight is 618 g/mol. The molecule has 0 saturated heterocycles. The standard InChI is InChI=1S/C31H29ClFN7O2S/c1-43(41,42)18-28(19-5-3-2-4-6-19)37-29-21(15-34)16-35-31-25(29)13-23(14-26(31)32)36-30(20-7-9-22(33)10-8-20)27-17-40(39-38-27)24-11-12-24/h2-10,13-14,16-17,24,28,30,36,38-39H,11-12,18H2,1H3,(H,35,37)/t28?,30-/m1/s1. The summed E-state index contributed by atoms with van der Waals surface area (Å²) in [5, 5.41) is 19.8. The van der Waals surface area contributed by atoms with Crippen LogP contribution in [0.5, 0.6) is 0 Å². The van der Waals surface area contributed by atoms with Crippen LogP contribution in [-0.2, 0) is 9.84 Å². The zero-order valence-electron chi connectivity index (χ0n) is 23.2. The maximum atomic E-state index is 13.8. The summed E-state index contributed by atoms with van der Waals surface area (Å²) in [6.07, 6.45) is 6.81. The minimum Gasteiger partial charge on any atom is -0.376 e. The van der Waals surface area contributed by atoms with Crippen LogP contribution in [0.25, 0.3) is 10.9 Å². The molecular weight excluding hydrogens is 589 g/mol. The number of sulfone groups is 1. The Hall–Kier alpha value is -4.37. The van der Waals surface area contributed by atoms with Gasteiger partial charge < -0.3 is 16.1 Å². The summed E-state index contributed by atoms with van der Waals surface area (Å²) in [6, 6.07) is 20.6. The van der Waals surface area contributed by atoms with Crippen LogP contribution in [0.1, 0.15) is 41.6 Å². The van der Waals surface area contributed by atoms with Crippen molar-refractivity contribution in [2.75, 3.05) is 22.6 Å². The van der Waals surface area contributed by atoms with E-state index in [2.05, 4.69) is 32.6 Å². The number of benzene rings is 3. The molecule has 1 saturated carbocycles. The highest BCUT2D eigenvalue weighted by atomic mass is 35.5. The molecule has 0 bridgehead atoms. The number of halogens is 2. The molecule has 0 spiro atoms. The zero-order valence-corrected chi connectivity index (χ0v) is 24.8. The lowest BCUT2D eigenvalue weighted by atomic mass is 10.0. The van der Waals surface area contributed by atoms with E-state index >= 15 is 0 Å². The van der Waals surface area contributed by atoms with Gasteiger partial charge in [-0.2, -0.15) is 5.26 Å². The molecule has 1 unspecified atom stereocenters. The summed E-state index contributed by atoms with van der Waals surface area (Å²) in [4.78, 5) is 4.45. The van der Waals surface area contributed by atoms with Gasteiger partial charge in [0.05, 0.1) is 45.3 Å². The lowest BCUT2D eigenvalue weighted by Gasteiger charge is -2.24. The molecule has 2 atom stereocenters. The van der Waals surface area contributed by atoms with Crippen LogP contribution < -0.4 is 21.6 Å². The third kappa shape index (κ3) is 6.51. The third-order valence-corrected chi connectivity index (χ3v) is 8.64. The SMILES string of the molecule is CS(=O)(=O)CC(Nc1c(C#N)cnc2c(Cl)cc(N[C@@H](C3=CN(C4CC4)NN3)c3ccc(F)cc3)cc12)c1ccccc1. The highest BCUT2D eigenvalue weighted by Gasteiger charge is 2.32. The molecule has 0 amide bonds. The van der Waals surface area contributed by atoms with Crippen molar-refractivity contribution in [3.8, 4) is 6.07 Å². The first kappa shape index (κ1) is 28.7. The first-order chi connectivity index (χ1) is 20.7. The maximum absolute atomic E-state index is 13.8. The van der Waals surface area contributed by atoms with Crippen molar-refractivity contribution in [3.63, 3.8) is 0 Å². The van der Waals surface area contributed by atoms with Crippen molar-refractivity contribution in [1.82, 2.24) is 21.0 Å². The molecule has 4 aromatic rings. The Bertz CT molecular complexity index is 1840. The van der Waals surface area contributed by atoms with Gasteiger partial charge in [0.1, 0.15) is 21.7 Å². The van der Waals surface area contributed by atoms with E-state index < -0.39 is 21.9 Å². The van der Waals surface area contributed by atoms with E-state index in [4.69, 9.17) is 11.6 Å². The molecular formula is C31H29ClFN7O2S. The molecule has 1 aromatic heterocycles. The maximum Gasteiger partial charge on any atom is 0.149 e. The molecule has 2 aliphatic rings. The van der Waals surface area contributed by atoms with Crippen LogP contribution in [-0.4, -0.2) is 36.5 Å². The van der Waals surface area contributed by atoms with Gasteiger partial charge in [-0.15, -0.1) is 5.53 Å². The Kier molecular flexibility index (Phi) is 7.83. The second-order valence-electron chi connectivity index (χ2n) is 10.8. The topological polar surface area (TPSA) is 122 Å². The molecule has 1 aliphatic carbocycles. The van der Waals surface area contributed by atoms with Crippen LogP contribution >= 0.6 is 11.6 Å². The van der Waals surface area contributed by atoms with Gasteiger partial charge in [-0.25, -0.2) is 12.8 Å². The fourth-order valence-corrected chi connectivity index (χ4v) is 6.32. The zero-order chi connectivity index (χ0) is 30.1. The van der Waals surface area contributed by atoms with Crippen molar-refractivity contribution < 1.29 is 12.8 Å². The van der Waals surface area contributed by atoms with E-state index in [1.165, 1.54) is 24.6 Å². The lowest BCUT2D eigenvalue weighted by molar-refractivity contribution is 0.260. The highest BCUT2D eigenvalue weighted by Crippen LogP contribution is 2.38. The van der Waals surface area contributed by atoms with Gasteiger partial charge in [0, 0.05) is 35.8 Å². The number of nitrogens with zero attached hydrogens (tertiary/aromatic N) is 3. The summed E-state index contributed by atoms with van der Waals surface area (Å²) in [6.45, 7) is 0. The second kappa shape index (κ2) is 11.7. The summed E-state index contributed by atoms with van der Waals surface area (Å²) >= 11 is 6.76. The van der Waals surface area contributed by atoms with Crippen molar-refractivity contribution in [1.29, 1.82) is 5.26 Å². The molecule has 9 nitrogen and oxygen atoms in total. The Morgan fingerprint density at radius 1 is 1.12 bits per heavy atom. The number of nitriles is 1. The minimum atomic E-state index is -3.40. The first-order valence-corrected chi connectivity index (χ1v) is 16.2. The van der Waals surface area contributed by atoms with Crippen LogP contribution in [0.4, 0.5) is 15.8 Å². The van der Waals surface area contributed by atoms with Crippen molar-refractivity contribution in [2.24, 2.45) is 0 Å². The number of hydrazine groups is 2. The van der Waals surface area contributed by atoms with Crippen LogP contribution in [0.15, 0.2) is 84.8 Å². The van der Waals surface area contributed by atoms with Gasteiger partial charge in [0.15, 0.2) is 0 Å². The molecule has 6 rings (SSSR count). The van der Waals surface area contributed by atoms with Gasteiger partial charge in [-0.1, -0.05) is 54.1 Å². The smallest absolute Gasteiger partial charge is 0.149 e. The number of anilines is 2. The monoisotopic (exact) mass is 617 g/mol. The largest absolute Gasteiger partial charge is 0.376 e. The predicted molar refractivity (Wildman–Crippen MR) is 166 cm³/mol. The molecule has 0 radical (unpaired) electrons. The fraction of sp³-hybridized carbons (Fsp3) is 0.226. The number of hydrogen-bond acceptors (Lipinski definition) is 9. The molecule has 4 N–H and O–H groups in total. The molecule has 2 heterocycles. The first-order valence-electron chi connectivity index (χ1n) is 13.7. The van der Waals surface area contributed by atoms with E-state index in [1.807, 2.05) is 47.6 Å². The van der Waals surface area contributed by atoms with E-state index in [-0.39, 0.29) is 17.1 Å². The number of fused-ring (bicyclic) bond motifs is 1. The van der Waals surface area contributed by atoms with Crippen molar-refractivity contribution in [2.45, 2.75) is 31.0 Å².